The molecule has 0 aromatic carbocycles. The Kier molecular flexibility index (Phi) is 3.67. The van der Waals surface area contributed by atoms with Crippen LogP contribution in [0.1, 0.15) is 6.42 Å². The fraction of sp³-hybridized carbons (Fsp3) is 0.250. The number of halogens is 4. The van der Waals surface area contributed by atoms with Gasteiger partial charge in [0.15, 0.2) is 0 Å². The lowest BCUT2D eigenvalue weighted by atomic mass is 10.3. The number of carbonyl (C=O) groups is 1. The Balaban J connectivity index is 2.55. The Hall–Kier alpha value is -1.11. The molecule has 15 heavy (non-hydrogen) atoms. The zero-order valence-electron chi connectivity index (χ0n) is 7.31. The van der Waals surface area contributed by atoms with Crippen LogP contribution in [0.5, 0.6) is 0 Å². The first-order valence-electron chi connectivity index (χ1n) is 3.85. The lowest BCUT2D eigenvalue weighted by molar-refractivity contribution is -0.150. The van der Waals surface area contributed by atoms with E-state index in [0.717, 1.165) is 0 Å². The first-order valence-corrected chi connectivity index (χ1v) is 4.64. The summed E-state index contributed by atoms with van der Waals surface area (Å²) in [5.74, 6) is -1.10. The number of rotatable bonds is 2. The van der Waals surface area contributed by atoms with Crippen LogP contribution in [0, 0.1) is 0 Å². The molecule has 0 saturated heterocycles. The van der Waals surface area contributed by atoms with Crippen molar-refractivity contribution < 1.29 is 18.0 Å². The molecule has 1 aromatic rings. The fourth-order valence-corrected chi connectivity index (χ4v) is 1.07. The number of pyridine rings is 1. The number of aromatic nitrogens is 1. The normalized spacial score (nSPS) is 11.2. The van der Waals surface area contributed by atoms with E-state index in [4.69, 9.17) is 0 Å². The summed E-state index contributed by atoms with van der Waals surface area (Å²) in [5, 5.41) is 2.08. The second-order valence-corrected chi connectivity index (χ2v) is 3.52. The Labute approximate surface area is 91.8 Å². The van der Waals surface area contributed by atoms with Gasteiger partial charge in [0, 0.05) is 0 Å². The van der Waals surface area contributed by atoms with Crippen LogP contribution < -0.4 is 5.32 Å². The van der Waals surface area contributed by atoms with E-state index in [-0.39, 0.29) is 5.69 Å². The Morgan fingerprint density at radius 3 is 2.60 bits per heavy atom. The fourth-order valence-electron chi connectivity index (χ4n) is 0.837. The van der Waals surface area contributed by atoms with Crippen LogP contribution >= 0.6 is 15.9 Å². The van der Waals surface area contributed by atoms with Gasteiger partial charge < -0.3 is 5.32 Å². The van der Waals surface area contributed by atoms with E-state index < -0.39 is 18.5 Å². The van der Waals surface area contributed by atoms with Gasteiger partial charge in [0.25, 0.3) is 0 Å². The highest BCUT2D eigenvalue weighted by atomic mass is 79.9. The SMILES string of the molecule is O=C(CC(F)(F)F)Nc1ccc(Br)nc1. The van der Waals surface area contributed by atoms with Crippen molar-refractivity contribution in [3.05, 3.63) is 22.9 Å². The number of hydrogen-bond donors (Lipinski definition) is 1. The third kappa shape index (κ3) is 4.78. The summed E-state index contributed by atoms with van der Waals surface area (Å²) in [6, 6.07) is 2.97. The summed E-state index contributed by atoms with van der Waals surface area (Å²) < 4.78 is 35.9. The van der Waals surface area contributed by atoms with Crippen LogP contribution in [0.25, 0.3) is 0 Å². The Bertz CT molecular complexity index is 350. The van der Waals surface area contributed by atoms with Gasteiger partial charge in [-0.15, -0.1) is 0 Å². The highest BCUT2D eigenvalue weighted by Gasteiger charge is 2.31. The van der Waals surface area contributed by atoms with Crippen LogP contribution in [0.15, 0.2) is 22.9 Å². The summed E-state index contributed by atoms with van der Waals surface area (Å²) in [6.45, 7) is 0. The Morgan fingerprint density at radius 1 is 1.47 bits per heavy atom. The number of hydrogen-bond acceptors (Lipinski definition) is 2. The van der Waals surface area contributed by atoms with Crippen LogP contribution in [0.3, 0.4) is 0 Å². The monoisotopic (exact) mass is 282 g/mol. The van der Waals surface area contributed by atoms with E-state index in [9.17, 15) is 18.0 Å². The molecule has 1 heterocycles. The number of nitrogens with zero attached hydrogens (tertiary/aromatic N) is 1. The molecule has 0 unspecified atom stereocenters. The highest BCUT2D eigenvalue weighted by Crippen LogP contribution is 2.20. The molecule has 0 aliphatic carbocycles. The van der Waals surface area contributed by atoms with E-state index in [2.05, 4.69) is 26.2 Å². The molecule has 82 valence electrons. The van der Waals surface area contributed by atoms with Crippen molar-refractivity contribution in [3.63, 3.8) is 0 Å². The predicted octanol–water partition coefficient (Wildman–Crippen LogP) is 2.74. The molecule has 0 fully saturated rings. The molecule has 0 spiro atoms. The van der Waals surface area contributed by atoms with Crippen molar-refractivity contribution in [2.45, 2.75) is 12.6 Å². The minimum Gasteiger partial charge on any atom is -0.324 e. The molecule has 3 nitrogen and oxygen atoms in total. The van der Waals surface area contributed by atoms with Crippen molar-refractivity contribution in [3.8, 4) is 0 Å². The number of anilines is 1. The molecular weight excluding hydrogens is 277 g/mol. The van der Waals surface area contributed by atoms with Gasteiger partial charge in [-0.2, -0.15) is 13.2 Å². The maximum atomic E-state index is 11.8. The van der Waals surface area contributed by atoms with E-state index >= 15 is 0 Å². The van der Waals surface area contributed by atoms with Gasteiger partial charge in [0.05, 0.1) is 11.9 Å². The molecule has 0 radical (unpaired) electrons. The Morgan fingerprint density at radius 2 is 2.13 bits per heavy atom. The van der Waals surface area contributed by atoms with Crippen molar-refractivity contribution in [2.24, 2.45) is 0 Å². The largest absolute Gasteiger partial charge is 0.397 e. The van der Waals surface area contributed by atoms with Crippen molar-refractivity contribution in [2.75, 3.05) is 5.32 Å². The topological polar surface area (TPSA) is 42.0 Å². The van der Waals surface area contributed by atoms with Gasteiger partial charge in [-0.05, 0) is 28.1 Å². The van der Waals surface area contributed by atoms with E-state index in [0.29, 0.717) is 4.60 Å². The zero-order chi connectivity index (χ0) is 11.5. The van der Waals surface area contributed by atoms with Gasteiger partial charge in [-0.3, -0.25) is 4.79 Å². The number of amides is 1. The van der Waals surface area contributed by atoms with Gasteiger partial charge in [-0.25, -0.2) is 4.98 Å². The molecular formula is C8H6BrF3N2O. The maximum Gasteiger partial charge on any atom is 0.397 e. The van der Waals surface area contributed by atoms with Gasteiger partial charge in [0.1, 0.15) is 11.0 Å². The van der Waals surface area contributed by atoms with Crippen LogP contribution in [0.4, 0.5) is 18.9 Å². The minimum atomic E-state index is -4.49. The summed E-state index contributed by atoms with van der Waals surface area (Å²) in [6.07, 6.45) is -4.73. The lowest BCUT2D eigenvalue weighted by Crippen LogP contribution is -2.21. The van der Waals surface area contributed by atoms with Crippen molar-refractivity contribution >= 4 is 27.5 Å². The third-order valence-electron chi connectivity index (χ3n) is 1.37. The average Bonchev–Trinajstić information content (AvgIpc) is 2.05. The average molecular weight is 283 g/mol. The van der Waals surface area contributed by atoms with E-state index in [1.807, 2.05) is 0 Å². The summed E-state index contributed by atoms with van der Waals surface area (Å²) in [5.41, 5.74) is 0.229. The molecule has 0 bridgehead atoms. The molecule has 1 aromatic heterocycles. The second-order valence-electron chi connectivity index (χ2n) is 2.71. The molecule has 0 aliphatic heterocycles. The maximum absolute atomic E-state index is 11.8. The van der Waals surface area contributed by atoms with Crippen molar-refractivity contribution in [1.29, 1.82) is 0 Å². The molecule has 7 heteroatoms. The lowest BCUT2D eigenvalue weighted by Gasteiger charge is -2.07. The first kappa shape index (κ1) is 12.0. The van der Waals surface area contributed by atoms with Crippen LogP contribution in [-0.2, 0) is 4.79 Å². The third-order valence-corrected chi connectivity index (χ3v) is 1.84. The summed E-state index contributed by atoms with van der Waals surface area (Å²) >= 11 is 3.06. The second kappa shape index (κ2) is 4.61. The van der Waals surface area contributed by atoms with Crippen molar-refractivity contribution in [1.82, 2.24) is 4.98 Å². The molecule has 1 rings (SSSR count). The number of alkyl halides is 3. The summed E-state index contributed by atoms with van der Waals surface area (Å²) in [7, 11) is 0. The number of nitrogens with one attached hydrogen (secondary N) is 1. The number of carbonyl (C=O) groups excluding carboxylic acids is 1. The quantitative estimate of drug-likeness (QED) is 0.848. The van der Waals surface area contributed by atoms with E-state index in [1.165, 1.54) is 18.3 Å². The van der Waals surface area contributed by atoms with E-state index in [1.54, 1.807) is 0 Å². The van der Waals surface area contributed by atoms with Gasteiger partial charge in [-0.1, -0.05) is 0 Å². The van der Waals surface area contributed by atoms with Crippen LogP contribution in [0.2, 0.25) is 0 Å². The zero-order valence-corrected chi connectivity index (χ0v) is 8.89. The van der Waals surface area contributed by atoms with Gasteiger partial charge >= 0.3 is 6.18 Å². The molecule has 0 saturated carbocycles. The molecule has 0 atom stereocenters. The highest BCUT2D eigenvalue weighted by molar-refractivity contribution is 9.10. The van der Waals surface area contributed by atoms with Crippen LogP contribution in [-0.4, -0.2) is 17.1 Å². The minimum absolute atomic E-state index is 0.229. The molecule has 1 amide bonds. The molecule has 1 N–H and O–H groups in total. The summed E-state index contributed by atoms with van der Waals surface area (Å²) in [4.78, 5) is 14.6. The molecule has 0 aliphatic rings. The first-order chi connectivity index (χ1) is 6.87. The van der Waals surface area contributed by atoms with Gasteiger partial charge in [0.2, 0.25) is 5.91 Å². The standard InChI is InChI=1S/C8H6BrF3N2O/c9-6-2-1-5(4-13-6)14-7(15)3-8(10,11)12/h1-2,4H,3H2,(H,14,15). The predicted molar refractivity (Wildman–Crippen MR) is 51.2 cm³/mol. The smallest absolute Gasteiger partial charge is 0.324 e.